The lowest BCUT2D eigenvalue weighted by Crippen LogP contribution is -2.15. The van der Waals surface area contributed by atoms with E-state index in [1.54, 1.807) is 25.6 Å². The van der Waals surface area contributed by atoms with Gasteiger partial charge in [0, 0.05) is 22.0 Å². The first-order valence-electron chi connectivity index (χ1n) is 11.5. The Kier molecular flexibility index (Phi) is 6.87. The summed E-state index contributed by atoms with van der Waals surface area (Å²) in [5.41, 5.74) is 10.7. The average Bonchev–Trinajstić information content (AvgIpc) is 3.45. The van der Waals surface area contributed by atoms with Crippen molar-refractivity contribution in [3.05, 3.63) is 84.0 Å². The summed E-state index contributed by atoms with van der Waals surface area (Å²) in [6.07, 6.45) is 1.71. The molecule has 9 heteroatoms. The lowest BCUT2D eigenvalue weighted by molar-refractivity contribution is -0.115. The van der Waals surface area contributed by atoms with E-state index in [4.69, 9.17) is 15.2 Å². The number of nitrogens with two attached hydrogens (primary N) is 1. The second-order valence-electron chi connectivity index (χ2n) is 8.27. The van der Waals surface area contributed by atoms with E-state index in [0.29, 0.717) is 28.7 Å². The quantitative estimate of drug-likeness (QED) is 0.223. The van der Waals surface area contributed by atoms with Crippen LogP contribution in [0.5, 0.6) is 11.5 Å². The molecule has 2 heterocycles. The first-order chi connectivity index (χ1) is 18.0. The monoisotopic (exact) mass is 511 g/mol. The van der Waals surface area contributed by atoms with Crippen LogP contribution in [-0.4, -0.2) is 30.1 Å². The molecule has 5 aromatic rings. The summed E-state index contributed by atoms with van der Waals surface area (Å²) in [5, 5.41) is 9.08. The first-order valence-corrected chi connectivity index (χ1v) is 12.4. The molecule has 0 aliphatic carbocycles. The molecular formula is C28H25N5O3S. The lowest BCUT2D eigenvalue weighted by Gasteiger charge is -2.12. The molecule has 0 atom stereocenters. The van der Waals surface area contributed by atoms with Crippen LogP contribution in [-0.2, 0) is 11.2 Å². The van der Waals surface area contributed by atoms with E-state index in [1.165, 1.54) is 6.33 Å². The van der Waals surface area contributed by atoms with E-state index in [2.05, 4.69) is 20.6 Å². The van der Waals surface area contributed by atoms with Gasteiger partial charge >= 0.3 is 0 Å². The Labute approximate surface area is 218 Å². The number of benzene rings is 3. The minimum Gasteiger partial charge on any atom is -0.493 e. The number of nitrogens with zero attached hydrogens (tertiary/aromatic N) is 2. The van der Waals surface area contributed by atoms with E-state index in [0.717, 1.165) is 32.6 Å². The molecule has 3 aromatic carbocycles. The Balaban J connectivity index is 1.28. The summed E-state index contributed by atoms with van der Waals surface area (Å²) in [6, 6.07) is 21.0. The smallest absolute Gasteiger partial charge is 0.228 e. The second kappa shape index (κ2) is 10.5. The van der Waals surface area contributed by atoms with Gasteiger partial charge in [0.2, 0.25) is 5.91 Å². The predicted octanol–water partition coefficient (Wildman–Crippen LogP) is 5.88. The van der Waals surface area contributed by atoms with Crippen molar-refractivity contribution in [1.29, 1.82) is 0 Å². The molecule has 0 fully saturated rings. The van der Waals surface area contributed by atoms with Crippen LogP contribution in [0.3, 0.4) is 0 Å². The van der Waals surface area contributed by atoms with Crippen LogP contribution in [0.15, 0.2) is 78.4 Å². The maximum atomic E-state index is 12.7. The highest BCUT2D eigenvalue weighted by Crippen LogP contribution is 2.34. The van der Waals surface area contributed by atoms with E-state index < -0.39 is 0 Å². The van der Waals surface area contributed by atoms with Crippen molar-refractivity contribution in [3.8, 4) is 21.9 Å². The molecule has 0 radical (unpaired) electrons. The molecule has 8 nitrogen and oxygen atoms in total. The van der Waals surface area contributed by atoms with Crippen molar-refractivity contribution in [2.75, 3.05) is 30.6 Å². The predicted molar refractivity (Wildman–Crippen MR) is 149 cm³/mol. The highest BCUT2D eigenvalue weighted by Gasteiger charge is 2.12. The maximum absolute atomic E-state index is 12.7. The Morgan fingerprint density at radius 1 is 0.973 bits per heavy atom. The summed E-state index contributed by atoms with van der Waals surface area (Å²) >= 11 is 1.64. The molecule has 2 aromatic heterocycles. The molecule has 0 unspecified atom stereocenters. The van der Waals surface area contributed by atoms with Crippen molar-refractivity contribution in [2.45, 2.75) is 6.42 Å². The van der Waals surface area contributed by atoms with Gasteiger partial charge in [-0.25, -0.2) is 9.97 Å². The van der Waals surface area contributed by atoms with Gasteiger partial charge in [-0.2, -0.15) is 0 Å². The molecule has 5 rings (SSSR count). The van der Waals surface area contributed by atoms with Crippen molar-refractivity contribution < 1.29 is 14.3 Å². The highest BCUT2D eigenvalue weighted by molar-refractivity contribution is 7.13. The third kappa shape index (κ3) is 5.31. The summed E-state index contributed by atoms with van der Waals surface area (Å²) < 4.78 is 10.8. The number of methoxy groups -OCH3 is 2. The van der Waals surface area contributed by atoms with E-state index in [-0.39, 0.29) is 12.3 Å². The molecule has 0 spiro atoms. The second-order valence-corrected chi connectivity index (χ2v) is 9.22. The van der Waals surface area contributed by atoms with Crippen molar-refractivity contribution in [3.63, 3.8) is 0 Å². The Morgan fingerprint density at radius 3 is 2.49 bits per heavy atom. The minimum atomic E-state index is -0.140. The SMILES string of the molecule is COc1cc2ncnc(Nc3ccc(CC(=O)Nc4cc(-c5cccs5)ccc4N)cc3)c2cc1OC. The number of hydrogen-bond donors (Lipinski definition) is 3. The van der Waals surface area contributed by atoms with Crippen LogP contribution in [0, 0.1) is 0 Å². The molecule has 0 saturated carbocycles. The van der Waals surface area contributed by atoms with Gasteiger partial charge in [-0.15, -0.1) is 11.3 Å². The summed E-state index contributed by atoms with van der Waals surface area (Å²) in [6.45, 7) is 0. The lowest BCUT2D eigenvalue weighted by atomic mass is 10.1. The van der Waals surface area contributed by atoms with E-state index >= 15 is 0 Å². The average molecular weight is 512 g/mol. The molecule has 0 aliphatic heterocycles. The number of fused-ring (bicyclic) bond motifs is 1. The van der Waals surface area contributed by atoms with Gasteiger partial charge in [0.25, 0.3) is 0 Å². The van der Waals surface area contributed by atoms with Crippen LogP contribution in [0.2, 0.25) is 0 Å². The van der Waals surface area contributed by atoms with Gasteiger partial charge in [0.15, 0.2) is 11.5 Å². The molecule has 4 N–H and O–H groups in total. The van der Waals surface area contributed by atoms with Gasteiger partial charge < -0.3 is 25.8 Å². The molecule has 37 heavy (non-hydrogen) atoms. The van der Waals surface area contributed by atoms with Gasteiger partial charge in [-0.3, -0.25) is 4.79 Å². The minimum absolute atomic E-state index is 0.140. The third-order valence-corrected chi connectivity index (χ3v) is 6.77. The number of hydrogen-bond acceptors (Lipinski definition) is 8. The fraction of sp³-hybridized carbons (Fsp3) is 0.107. The van der Waals surface area contributed by atoms with Crippen molar-refractivity contribution >= 4 is 51.0 Å². The number of carbonyl (C=O) groups excluding carboxylic acids is 1. The number of carbonyl (C=O) groups is 1. The van der Waals surface area contributed by atoms with Gasteiger partial charge in [0.05, 0.1) is 37.5 Å². The van der Waals surface area contributed by atoms with Gasteiger partial charge in [-0.05, 0) is 52.9 Å². The zero-order valence-corrected chi connectivity index (χ0v) is 21.1. The van der Waals surface area contributed by atoms with Crippen LogP contribution >= 0.6 is 11.3 Å². The normalized spacial score (nSPS) is 10.8. The topological polar surface area (TPSA) is 111 Å². The molecular weight excluding hydrogens is 486 g/mol. The molecule has 0 aliphatic rings. The zero-order chi connectivity index (χ0) is 25.8. The third-order valence-electron chi connectivity index (χ3n) is 5.86. The number of nitrogens with one attached hydrogen (secondary N) is 2. The van der Waals surface area contributed by atoms with Gasteiger partial charge in [-0.1, -0.05) is 24.3 Å². The molecule has 0 saturated heterocycles. The van der Waals surface area contributed by atoms with Crippen LogP contribution in [0.1, 0.15) is 5.56 Å². The maximum Gasteiger partial charge on any atom is 0.228 e. The summed E-state index contributed by atoms with van der Waals surface area (Å²) in [5.74, 6) is 1.69. The largest absolute Gasteiger partial charge is 0.493 e. The number of thiophene rings is 1. The summed E-state index contributed by atoms with van der Waals surface area (Å²) in [4.78, 5) is 22.6. The number of anilines is 4. The van der Waals surface area contributed by atoms with E-state index in [9.17, 15) is 4.79 Å². The number of amides is 1. The molecule has 186 valence electrons. The van der Waals surface area contributed by atoms with Crippen molar-refractivity contribution in [2.24, 2.45) is 0 Å². The molecule has 1 amide bonds. The fourth-order valence-corrected chi connectivity index (χ4v) is 4.69. The highest BCUT2D eigenvalue weighted by atomic mass is 32.1. The van der Waals surface area contributed by atoms with Crippen LogP contribution in [0.25, 0.3) is 21.3 Å². The number of aromatic nitrogens is 2. The Morgan fingerprint density at radius 2 is 1.76 bits per heavy atom. The summed E-state index contributed by atoms with van der Waals surface area (Å²) in [7, 11) is 3.17. The Hall–Kier alpha value is -4.63. The zero-order valence-electron chi connectivity index (χ0n) is 20.3. The molecule has 0 bridgehead atoms. The van der Waals surface area contributed by atoms with Crippen LogP contribution in [0.4, 0.5) is 22.9 Å². The fourth-order valence-electron chi connectivity index (χ4n) is 3.97. The van der Waals surface area contributed by atoms with E-state index in [1.807, 2.05) is 72.1 Å². The number of nitrogen functional groups attached to an aromatic ring is 1. The number of ether oxygens (including phenoxy) is 2. The standard InChI is InChI=1S/C28H25N5O3S/c1-35-24-14-20-22(15-25(24)36-2)30-16-31-28(20)32-19-8-5-17(6-9-19)12-27(34)33-23-13-18(7-10-21(23)29)26-4-3-11-37-26/h3-11,13-16H,12,29H2,1-2H3,(H,33,34)(H,30,31,32). The Bertz CT molecular complexity index is 1550. The van der Waals surface area contributed by atoms with Crippen molar-refractivity contribution in [1.82, 2.24) is 9.97 Å². The van der Waals surface area contributed by atoms with Crippen LogP contribution < -0.4 is 25.8 Å². The number of rotatable bonds is 8. The van der Waals surface area contributed by atoms with Gasteiger partial charge in [0.1, 0.15) is 12.1 Å². The first kappa shape index (κ1) is 24.1.